The van der Waals surface area contributed by atoms with Crippen LogP contribution in [0.1, 0.15) is 15.2 Å². The molecule has 0 saturated carbocycles. The van der Waals surface area contributed by atoms with E-state index in [1.165, 1.54) is 7.11 Å². The van der Waals surface area contributed by atoms with Gasteiger partial charge in [0.15, 0.2) is 0 Å². The second kappa shape index (κ2) is 5.75. The normalized spacial score (nSPS) is 10.2. The maximum Gasteiger partial charge on any atom is 0.257 e. The van der Waals surface area contributed by atoms with Crippen molar-refractivity contribution in [3.8, 4) is 5.75 Å². The Hall–Kier alpha value is -2.01. The summed E-state index contributed by atoms with van der Waals surface area (Å²) in [7, 11) is 3.31. The van der Waals surface area contributed by atoms with Gasteiger partial charge >= 0.3 is 0 Å². The number of nitrogens with zero attached hydrogens (tertiary/aromatic N) is 1. The minimum absolute atomic E-state index is 0.0785. The first-order valence-corrected chi connectivity index (χ1v) is 6.71. The summed E-state index contributed by atoms with van der Waals surface area (Å²) in [6.45, 7) is 0.587. The molecule has 0 saturated heterocycles. The fourth-order valence-corrected chi connectivity index (χ4v) is 2.56. The van der Waals surface area contributed by atoms with Gasteiger partial charge in [-0.15, -0.1) is 11.3 Å². The minimum Gasteiger partial charge on any atom is -0.496 e. The van der Waals surface area contributed by atoms with E-state index in [1.807, 2.05) is 17.5 Å². The number of hydrogen-bond acceptors (Lipinski definition) is 4. The Balaban J connectivity index is 2.19. The lowest BCUT2D eigenvalue weighted by molar-refractivity contribution is 0.0783. The Bertz CT molecular complexity index is 567. The van der Waals surface area contributed by atoms with Crippen molar-refractivity contribution in [2.24, 2.45) is 0 Å². The molecule has 0 aliphatic rings. The number of amides is 1. The molecule has 5 heteroatoms. The van der Waals surface area contributed by atoms with Crippen LogP contribution in [0.5, 0.6) is 5.75 Å². The maximum absolute atomic E-state index is 12.4. The third-order valence-corrected chi connectivity index (χ3v) is 3.64. The molecule has 4 nitrogen and oxygen atoms in total. The van der Waals surface area contributed by atoms with Crippen molar-refractivity contribution in [1.29, 1.82) is 0 Å². The molecule has 1 amide bonds. The fraction of sp³-hybridized carbons (Fsp3) is 0.214. The van der Waals surface area contributed by atoms with Crippen LogP contribution in [0.2, 0.25) is 0 Å². The number of hydrogen-bond donors (Lipinski definition) is 1. The molecule has 0 radical (unpaired) electrons. The van der Waals surface area contributed by atoms with Crippen molar-refractivity contribution >= 4 is 22.9 Å². The summed E-state index contributed by atoms with van der Waals surface area (Å²) in [6.07, 6.45) is 0. The van der Waals surface area contributed by atoms with Crippen LogP contribution < -0.4 is 10.5 Å². The molecule has 2 aromatic rings. The van der Waals surface area contributed by atoms with Crippen LogP contribution in [0.4, 0.5) is 5.69 Å². The average molecular weight is 276 g/mol. The second-order valence-corrected chi connectivity index (χ2v) is 5.23. The second-order valence-electron chi connectivity index (χ2n) is 4.20. The van der Waals surface area contributed by atoms with Crippen LogP contribution in [-0.2, 0) is 6.54 Å². The summed E-state index contributed by atoms with van der Waals surface area (Å²) in [5.74, 6) is 0.424. The standard InChI is InChI=1S/C14H16N2O2S/c1-16(9-11-4-3-7-19-11)14(17)12-6-5-10(15)8-13(12)18-2/h3-8H,9,15H2,1-2H3. The van der Waals surface area contributed by atoms with Gasteiger partial charge in [0.2, 0.25) is 0 Å². The topological polar surface area (TPSA) is 55.6 Å². The van der Waals surface area contributed by atoms with Crippen LogP contribution in [0.15, 0.2) is 35.7 Å². The first-order valence-electron chi connectivity index (χ1n) is 5.83. The van der Waals surface area contributed by atoms with Crippen molar-refractivity contribution in [2.75, 3.05) is 19.9 Å². The highest BCUT2D eigenvalue weighted by Gasteiger charge is 2.17. The van der Waals surface area contributed by atoms with Crippen molar-refractivity contribution in [1.82, 2.24) is 4.90 Å². The Morgan fingerprint density at radius 3 is 2.84 bits per heavy atom. The quantitative estimate of drug-likeness (QED) is 0.873. The van der Waals surface area contributed by atoms with Crippen molar-refractivity contribution in [3.05, 3.63) is 46.2 Å². The van der Waals surface area contributed by atoms with E-state index in [9.17, 15) is 4.79 Å². The molecular formula is C14H16N2O2S. The van der Waals surface area contributed by atoms with Crippen molar-refractivity contribution in [3.63, 3.8) is 0 Å². The number of carbonyl (C=O) groups is 1. The lowest BCUT2D eigenvalue weighted by atomic mass is 10.1. The predicted octanol–water partition coefficient (Wildman–Crippen LogP) is 2.61. The number of nitrogen functional groups attached to an aromatic ring is 1. The van der Waals surface area contributed by atoms with Gasteiger partial charge in [0.1, 0.15) is 5.75 Å². The van der Waals surface area contributed by atoms with E-state index < -0.39 is 0 Å². The first kappa shape index (κ1) is 13.4. The van der Waals surface area contributed by atoms with E-state index in [4.69, 9.17) is 10.5 Å². The highest BCUT2D eigenvalue weighted by molar-refractivity contribution is 7.09. The lowest BCUT2D eigenvalue weighted by Gasteiger charge is -2.18. The van der Waals surface area contributed by atoms with E-state index in [0.717, 1.165) is 4.88 Å². The molecule has 1 aromatic heterocycles. The van der Waals surface area contributed by atoms with Gasteiger partial charge in [-0.25, -0.2) is 0 Å². The largest absolute Gasteiger partial charge is 0.496 e. The summed E-state index contributed by atoms with van der Waals surface area (Å²) in [6, 6.07) is 9.04. The molecule has 0 bridgehead atoms. The highest BCUT2D eigenvalue weighted by Crippen LogP contribution is 2.23. The van der Waals surface area contributed by atoms with Gasteiger partial charge in [0, 0.05) is 23.7 Å². The molecule has 0 atom stereocenters. The average Bonchev–Trinajstić information content (AvgIpc) is 2.90. The van der Waals surface area contributed by atoms with Gasteiger partial charge in [0.25, 0.3) is 5.91 Å². The molecule has 0 spiro atoms. The summed E-state index contributed by atoms with van der Waals surface area (Å²) in [4.78, 5) is 15.2. The zero-order chi connectivity index (χ0) is 13.8. The number of ether oxygens (including phenoxy) is 1. The zero-order valence-corrected chi connectivity index (χ0v) is 11.7. The van der Waals surface area contributed by atoms with E-state index in [-0.39, 0.29) is 5.91 Å². The van der Waals surface area contributed by atoms with Crippen LogP contribution in [0.25, 0.3) is 0 Å². The summed E-state index contributed by atoms with van der Waals surface area (Å²) < 4.78 is 5.21. The Labute approximate surface area is 116 Å². The number of methoxy groups -OCH3 is 1. The molecule has 100 valence electrons. The summed E-state index contributed by atoms with van der Waals surface area (Å²) >= 11 is 1.63. The molecule has 2 rings (SSSR count). The van der Waals surface area contributed by atoms with Gasteiger partial charge in [-0.05, 0) is 23.6 Å². The Kier molecular flexibility index (Phi) is 4.06. The third kappa shape index (κ3) is 3.06. The molecular weight excluding hydrogens is 260 g/mol. The summed E-state index contributed by atoms with van der Waals surface area (Å²) in [5, 5.41) is 2.00. The number of thiophene rings is 1. The molecule has 2 N–H and O–H groups in total. The molecule has 0 aliphatic heterocycles. The molecule has 0 fully saturated rings. The number of carbonyl (C=O) groups excluding carboxylic acids is 1. The number of benzene rings is 1. The van der Waals surface area contributed by atoms with Crippen LogP contribution >= 0.6 is 11.3 Å². The van der Waals surface area contributed by atoms with Gasteiger partial charge in [-0.2, -0.15) is 0 Å². The highest BCUT2D eigenvalue weighted by atomic mass is 32.1. The van der Waals surface area contributed by atoms with Crippen LogP contribution in [0, 0.1) is 0 Å². The Morgan fingerprint density at radius 1 is 1.42 bits per heavy atom. The van der Waals surface area contributed by atoms with Gasteiger partial charge in [0.05, 0.1) is 19.2 Å². The van der Waals surface area contributed by atoms with E-state index in [1.54, 1.807) is 41.5 Å². The molecule has 19 heavy (non-hydrogen) atoms. The van der Waals surface area contributed by atoms with E-state index >= 15 is 0 Å². The van der Waals surface area contributed by atoms with E-state index in [0.29, 0.717) is 23.5 Å². The fourth-order valence-electron chi connectivity index (χ4n) is 1.80. The number of nitrogens with two attached hydrogens (primary N) is 1. The van der Waals surface area contributed by atoms with E-state index in [2.05, 4.69) is 0 Å². The summed E-state index contributed by atoms with van der Waals surface area (Å²) in [5.41, 5.74) is 6.79. The molecule has 0 unspecified atom stereocenters. The lowest BCUT2D eigenvalue weighted by Crippen LogP contribution is -2.26. The number of rotatable bonds is 4. The third-order valence-electron chi connectivity index (χ3n) is 2.78. The zero-order valence-electron chi connectivity index (χ0n) is 10.9. The number of anilines is 1. The van der Waals surface area contributed by atoms with Gasteiger partial charge in [-0.3, -0.25) is 4.79 Å². The van der Waals surface area contributed by atoms with Gasteiger partial charge in [-0.1, -0.05) is 6.07 Å². The van der Waals surface area contributed by atoms with Crippen molar-refractivity contribution in [2.45, 2.75) is 6.54 Å². The minimum atomic E-state index is -0.0785. The van der Waals surface area contributed by atoms with Crippen molar-refractivity contribution < 1.29 is 9.53 Å². The van der Waals surface area contributed by atoms with Crippen LogP contribution in [0.3, 0.4) is 0 Å². The first-order chi connectivity index (χ1) is 9.11. The molecule has 1 aromatic carbocycles. The maximum atomic E-state index is 12.4. The predicted molar refractivity (Wildman–Crippen MR) is 77.5 cm³/mol. The smallest absolute Gasteiger partial charge is 0.257 e. The Morgan fingerprint density at radius 2 is 2.21 bits per heavy atom. The monoisotopic (exact) mass is 276 g/mol. The van der Waals surface area contributed by atoms with Crippen LogP contribution in [-0.4, -0.2) is 25.0 Å². The molecule has 0 aliphatic carbocycles. The SMILES string of the molecule is COc1cc(N)ccc1C(=O)N(C)Cc1cccs1. The van der Waals surface area contributed by atoms with Gasteiger partial charge < -0.3 is 15.4 Å². The molecule has 1 heterocycles.